The van der Waals surface area contributed by atoms with E-state index < -0.39 is 10.7 Å². The van der Waals surface area contributed by atoms with Crippen LogP contribution in [0.2, 0.25) is 0 Å². The van der Waals surface area contributed by atoms with Gasteiger partial charge in [-0.1, -0.05) is 19.2 Å². The van der Waals surface area contributed by atoms with Gasteiger partial charge in [0.2, 0.25) is 0 Å². The molecule has 0 amide bonds. The van der Waals surface area contributed by atoms with Crippen molar-refractivity contribution in [3.8, 4) is 0 Å². The van der Waals surface area contributed by atoms with Crippen LogP contribution >= 0.6 is 0 Å². The summed E-state index contributed by atoms with van der Waals surface area (Å²) in [5.74, 6) is 0. The second-order valence-corrected chi connectivity index (χ2v) is 4.22. The van der Waals surface area contributed by atoms with Crippen molar-refractivity contribution in [1.29, 1.82) is 0 Å². The molecule has 1 aromatic rings. The van der Waals surface area contributed by atoms with E-state index in [2.05, 4.69) is 18.5 Å². The third-order valence-electron chi connectivity index (χ3n) is 1.87. The number of hydrogen-bond donors (Lipinski definition) is 2. The lowest BCUT2D eigenvalue weighted by molar-refractivity contribution is 0.614. The Morgan fingerprint density at radius 2 is 2.00 bits per heavy atom. The molecule has 0 aromatic heterocycles. The van der Waals surface area contributed by atoms with Gasteiger partial charge in [-0.15, -0.1) is 0 Å². The van der Waals surface area contributed by atoms with E-state index in [9.17, 15) is 8.42 Å². The fourth-order valence-corrected chi connectivity index (χ4v) is 1.43. The average molecular weight is 223 g/mol. The minimum atomic E-state index is -2.54. The molecule has 0 unspecified atom stereocenters. The molecule has 0 spiro atoms. The second kappa shape index (κ2) is 4.79. The van der Waals surface area contributed by atoms with Crippen LogP contribution in [0.25, 0.3) is 0 Å². The molecular weight excluding hydrogens is 210 g/mol. The SMILES string of the molecule is C=C(C)C(=C)Nc1cccc([SH](=O)=O)c1. The summed E-state index contributed by atoms with van der Waals surface area (Å²) >= 11 is 0. The van der Waals surface area contributed by atoms with Crippen LogP contribution in [0, 0.1) is 0 Å². The van der Waals surface area contributed by atoms with Crippen LogP contribution in [-0.4, -0.2) is 8.42 Å². The molecule has 0 radical (unpaired) electrons. The van der Waals surface area contributed by atoms with Crippen molar-refractivity contribution in [3.63, 3.8) is 0 Å². The third-order valence-corrected chi connectivity index (χ3v) is 2.57. The van der Waals surface area contributed by atoms with Crippen molar-refractivity contribution in [1.82, 2.24) is 0 Å². The van der Waals surface area contributed by atoms with Gasteiger partial charge >= 0.3 is 0 Å². The van der Waals surface area contributed by atoms with Gasteiger partial charge in [0.05, 0.1) is 4.90 Å². The maximum atomic E-state index is 10.7. The summed E-state index contributed by atoms with van der Waals surface area (Å²) in [6.07, 6.45) is 0. The largest absolute Gasteiger partial charge is 0.356 e. The zero-order chi connectivity index (χ0) is 11.4. The standard InChI is InChI=1S/C11H13NO2S/c1-8(2)9(3)12-10-5-4-6-11(7-10)15(13)14/h4-7,12,15H,1,3H2,2H3. The molecule has 80 valence electrons. The number of hydrogen-bond acceptors (Lipinski definition) is 3. The van der Waals surface area contributed by atoms with Crippen LogP contribution in [0.4, 0.5) is 5.69 Å². The molecule has 0 aliphatic rings. The summed E-state index contributed by atoms with van der Waals surface area (Å²) in [4.78, 5) is 0.282. The maximum Gasteiger partial charge on any atom is 0.168 e. The first-order chi connectivity index (χ1) is 7.00. The predicted molar refractivity (Wildman–Crippen MR) is 62.6 cm³/mol. The first kappa shape index (κ1) is 11.5. The molecule has 3 nitrogen and oxygen atoms in total. The molecule has 15 heavy (non-hydrogen) atoms. The van der Waals surface area contributed by atoms with Gasteiger partial charge in [0.1, 0.15) is 0 Å². The topological polar surface area (TPSA) is 46.2 Å². The Bertz CT molecular complexity index is 467. The van der Waals surface area contributed by atoms with Gasteiger partial charge in [0.25, 0.3) is 0 Å². The maximum absolute atomic E-state index is 10.7. The lowest BCUT2D eigenvalue weighted by Gasteiger charge is -2.08. The van der Waals surface area contributed by atoms with Crippen molar-refractivity contribution in [2.24, 2.45) is 0 Å². The Morgan fingerprint density at radius 3 is 2.53 bits per heavy atom. The Hall–Kier alpha value is -1.55. The van der Waals surface area contributed by atoms with Gasteiger partial charge in [-0.3, -0.25) is 0 Å². The lowest BCUT2D eigenvalue weighted by atomic mass is 10.2. The van der Waals surface area contributed by atoms with Crippen LogP contribution in [0.15, 0.2) is 53.6 Å². The smallest absolute Gasteiger partial charge is 0.168 e. The quantitative estimate of drug-likeness (QED) is 0.607. The van der Waals surface area contributed by atoms with Crippen molar-refractivity contribution < 1.29 is 8.42 Å². The van der Waals surface area contributed by atoms with E-state index in [4.69, 9.17) is 0 Å². The number of anilines is 1. The highest BCUT2D eigenvalue weighted by Crippen LogP contribution is 2.15. The van der Waals surface area contributed by atoms with Gasteiger partial charge < -0.3 is 5.32 Å². The third kappa shape index (κ3) is 3.25. The van der Waals surface area contributed by atoms with Gasteiger partial charge in [0, 0.05) is 11.4 Å². The van der Waals surface area contributed by atoms with Crippen LogP contribution in [-0.2, 0) is 10.7 Å². The minimum absolute atomic E-state index is 0.282. The second-order valence-electron chi connectivity index (χ2n) is 3.19. The number of allylic oxidation sites excluding steroid dienone is 1. The van der Waals surface area contributed by atoms with Gasteiger partial charge in [-0.2, -0.15) is 0 Å². The number of benzene rings is 1. The first-order valence-electron chi connectivity index (χ1n) is 4.37. The van der Waals surface area contributed by atoms with Gasteiger partial charge in [0.15, 0.2) is 10.7 Å². The summed E-state index contributed by atoms with van der Waals surface area (Å²) in [7, 11) is -2.54. The number of rotatable bonds is 4. The molecule has 0 aliphatic heterocycles. The molecule has 0 atom stereocenters. The van der Waals surface area contributed by atoms with Crippen LogP contribution in [0.3, 0.4) is 0 Å². The highest BCUT2D eigenvalue weighted by atomic mass is 32.2. The van der Waals surface area contributed by atoms with Crippen LogP contribution in [0.1, 0.15) is 6.92 Å². The summed E-state index contributed by atoms with van der Waals surface area (Å²) in [5.41, 5.74) is 2.18. The fourth-order valence-electron chi connectivity index (χ4n) is 0.978. The Balaban J connectivity index is 2.92. The van der Waals surface area contributed by atoms with Crippen molar-refractivity contribution >= 4 is 16.4 Å². The number of nitrogens with one attached hydrogen (secondary N) is 1. The molecule has 0 saturated heterocycles. The van der Waals surface area contributed by atoms with Gasteiger partial charge in [-0.05, 0) is 30.7 Å². The highest BCUT2D eigenvalue weighted by molar-refractivity contribution is 7.72. The summed E-state index contributed by atoms with van der Waals surface area (Å²) < 4.78 is 21.5. The molecule has 0 saturated carbocycles. The molecule has 1 aromatic carbocycles. The molecular formula is C11H13NO2S. The summed E-state index contributed by atoms with van der Waals surface area (Å²) in [6.45, 7) is 9.32. The Kier molecular flexibility index (Phi) is 3.68. The average Bonchev–Trinajstić information content (AvgIpc) is 2.18. The molecule has 0 fully saturated rings. The van der Waals surface area contributed by atoms with Gasteiger partial charge in [-0.25, -0.2) is 8.42 Å². The molecule has 4 heteroatoms. The lowest BCUT2D eigenvalue weighted by Crippen LogP contribution is -1.98. The summed E-state index contributed by atoms with van der Waals surface area (Å²) in [6, 6.07) is 6.55. The van der Waals surface area contributed by atoms with E-state index in [1.54, 1.807) is 24.3 Å². The Labute approximate surface area is 91.1 Å². The van der Waals surface area contributed by atoms with Crippen molar-refractivity contribution in [3.05, 3.63) is 48.7 Å². The van der Waals surface area contributed by atoms with E-state index in [1.165, 1.54) is 0 Å². The molecule has 0 heterocycles. The van der Waals surface area contributed by atoms with E-state index in [1.807, 2.05) is 6.92 Å². The first-order valence-corrected chi connectivity index (χ1v) is 5.54. The van der Waals surface area contributed by atoms with E-state index in [0.717, 1.165) is 5.57 Å². The summed E-state index contributed by atoms with van der Waals surface area (Å²) in [5, 5.41) is 2.98. The Morgan fingerprint density at radius 1 is 1.33 bits per heavy atom. The fraction of sp³-hybridized carbons (Fsp3) is 0.0909. The van der Waals surface area contributed by atoms with E-state index in [-0.39, 0.29) is 4.90 Å². The zero-order valence-electron chi connectivity index (χ0n) is 8.49. The van der Waals surface area contributed by atoms with Crippen LogP contribution < -0.4 is 5.32 Å². The molecule has 0 aliphatic carbocycles. The molecule has 1 N–H and O–H groups in total. The van der Waals surface area contributed by atoms with Crippen molar-refractivity contribution in [2.75, 3.05) is 5.32 Å². The minimum Gasteiger partial charge on any atom is -0.356 e. The molecule has 0 bridgehead atoms. The van der Waals surface area contributed by atoms with Crippen LogP contribution in [0.5, 0.6) is 0 Å². The highest BCUT2D eigenvalue weighted by Gasteiger charge is 1.99. The normalized spacial score (nSPS) is 10.0. The predicted octanol–water partition coefficient (Wildman–Crippen LogP) is 2.16. The zero-order valence-corrected chi connectivity index (χ0v) is 9.38. The van der Waals surface area contributed by atoms with E-state index in [0.29, 0.717) is 11.4 Å². The van der Waals surface area contributed by atoms with E-state index >= 15 is 0 Å². The monoisotopic (exact) mass is 223 g/mol. The van der Waals surface area contributed by atoms with Crippen molar-refractivity contribution in [2.45, 2.75) is 11.8 Å². The number of thiol groups is 1. The molecule has 1 rings (SSSR count).